The Kier molecular flexibility index (Phi) is 11.2. The third-order valence-corrected chi connectivity index (χ3v) is 14.8. The zero-order chi connectivity index (χ0) is 42.7. The number of hydrogen-bond donors (Lipinski definition) is 3. The van der Waals surface area contributed by atoms with Crippen molar-refractivity contribution in [3.63, 3.8) is 0 Å². The number of alkyl carbamates (subject to hydrolysis) is 1. The zero-order valence-electron chi connectivity index (χ0n) is 33.8. The van der Waals surface area contributed by atoms with E-state index in [1.165, 1.54) is 14.0 Å². The van der Waals surface area contributed by atoms with Crippen molar-refractivity contribution in [2.75, 3.05) is 13.7 Å². The van der Waals surface area contributed by atoms with Crippen LogP contribution in [0.25, 0.3) is 11.0 Å². The van der Waals surface area contributed by atoms with Crippen LogP contribution in [0.5, 0.6) is 11.6 Å². The number of nitrogens with one attached hydrogen (secondary N) is 3. The van der Waals surface area contributed by atoms with E-state index in [1.54, 1.807) is 39.0 Å². The van der Waals surface area contributed by atoms with E-state index in [2.05, 4.69) is 16.7 Å². The van der Waals surface area contributed by atoms with E-state index in [0.717, 1.165) is 17.7 Å². The fourth-order valence-electron chi connectivity index (χ4n) is 8.47. The zero-order valence-corrected chi connectivity index (χ0v) is 34.6. The molecule has 59 heavy (non-hydrogen) atoms. The minimum atomic E-state index is -4.29. The molecule has 4 heterocycles. The van der Waals surface area contributed by atoms with Gasteiger partial charge in [0.25, 0.3) is 5.91 Å². The summed E-state index contributed by atoms with van der Waals surface area (Å²) >= 11 is 0. The predicted molar refractivity (Wildman–Crippen MR) is 206 cm³/mol. The number of amides is 4. The van der Waals surface area contributed by atoms with Gasteiger partial charge in [0.2, 0.25) is 34.1 Å². The quantitative estimate of drug-likeness (QED) is 0.345. The number of alkyl halides is 2. The van der Waals surface area contributed by atoms with E-state index in [0.29, 0.717) is 54.1 Å². The van der Waals surface area contributed by atoms with Crippen LogP contribution < -0.4 is 24.8 Å². The first-order valence-electron chi connectivity index (χ1n) is 20.1. The van der Waals surface area contributed by atoms with Gasteiger partial charge >= 0.3 is 6.09 Å². The number of carbonyl (C=O) groups excluding carboxylic acids is 4. The number of ether oxygens (including phenoxy) is 3. The van der Waals surface area contributed by atoms with E-state index in [-0.39, 0.29) is 37.8 Å². The molecule has 6 aliphatic rings. The topological polar surface area (TPSA) is 219 Å². The van der Waals surface area contributed by atoms with Gasteiger partial charge in [-0.2, -0.15) is 5.26 Å². The van der Waals surface area contributed by atoms with E-state index < -0.39 is 92.4 Å². The highest BCUT2D eigenvalue weighted by Crippen LogP contribution is 2.50. The minimum absolute atomic E-state index is 0.112. The molecule has 4 bridgehead atoms. The van der Waals surface area contributed by atoms with Gasteiger partial charge in [0.1, 0.15) is 41.3 Å². The summed E-state index contributed by atoms with van der Waals surface area (Å²) in [6.07, 6.45) is -1.56. The molecule has 0 radical (unpaired) electrons. The number of nitrogens with zero attached hydrogens (tertiary/aromatic N) is 4. The van der Waals surface area contributed by atoms with Crippen LogP contribution in [0.2, 0.25) is 0 Å². The van der Waals surface area contributed by atoms with Crippen LogP contribution in [0.4, 0.5) is 13.6 Å². The van der Waals surface area contributed by atoms with E-state index in [1.807, 2.05) is 4.72 Å². The van der Waals surface area contributed by atoms with Gasteiger partial charge in [-0.15, -0.1) is 0 Å². The third kappa shape index (κ3) is 8.33. The highest BCUT2D eigenvalue weighted by Gasteiger charge is 2.68. The van der Waals surface area contributed by atoms with E-state index in [4.69, 9.17) is 24.2 Å². The molecule has 1 aromatic heterocycles. The molecule has 2 aromatic rings. The molecule has 4 fully saturated rings. The first kappa shape index (κ1) is 42.3. The molecule has 320 valence electrons. The summed E-state index contributed by atoms with van der Waals surface area (Å²) in [5.74, 6) is -5.03. The summed E-state index contributed by atoms with van der Waals surface area (Å²) in [5, 5.41) is 15.3. The van der Waals surface area contributed by atoms with Crippen LogP contribution in [-0.2, 0) is 35.6 Å². The number of carbonyl (C=O) groups is 4. The van der Waals surface area contributed by atoms with Crippen LogP contribution in [0.15, 0.2) is 18.2 Å². The molecule has 1 saturated heterocycles. The summed E-state index contributed by atoms with van der Waals surface area (Å²) in [6.45, 7) is 6.22. The van der Waals surface area contributed by atoms with Crippen molar-refractivity contribution in [2.45, 2.75) is 133 Å². The van der Waals surface area contributed by atoms with Crippen LogP contribution in [0.3, 0.4) is 0 Å². The number of fused-ring (bicyclic) bond motifs is 8. The molecule has 0 spiro atoms. The maximum Gasteiger partial charge on any atom is 0.408 e. The fourth-order valence-corrected chi connectivity index (χ4v) is 9.79. The Hall–Kier alpha value is -4.86. The Labute approximate surface area is 341 Å². The molecular formula is C40H51F2N7O9S. The maximum absolute atomic E-state index is 14.8. The number of methoxy groups -OCH3 is 1. The van der Waals surface area contributed by atoms with Gasteiger partial charge in [-0.05, 0) is 75.3 Å². The maximum atomic E-state index is 14.8. The lowest BCUT2D eigenvalue weighted by molar-refractivity contribution is -0.144. The first-order valence-corrected chi connectivity index (χ1v) is 21.6. The molecule has 3 aliphatic heterocycles. The van der Waals surface area contributed by atoms with Gasteiger partial charge in [0.15, 0.2) is 0 Å². The summed E-state index contributed by atoms with van der Waals surface area (Å²) in [5.41, 5.74) is -1.77. The van der Waals surface area contributed by atoms with Crippen molar-refractivity contribution in [2.24, 2.45) is 23.2 Å². The standard InChI is InChI=1S/C40H51F2N7O9S/c1-38(2,3)31-35(51)49-20-29(24(12-15-43)30(49)33(50)47-40(19-25(40)32(41)42)36(52)48-59(54,55)39(4)13-14-39)58-34-27(44-26-11-10-22(56-5)18-28(26)45-34)9-7-6-8-21-16-23(17-21)57-37(53)46-31/h10-11,18,21,23-25,29-32H,6-9,12-14,16-17,19-20H2,1-5H3,(H,46,53)(H,47,50)(H,48,52)/t21?,23?,24-,25+,29+,30+,31-,40-/m1/s1. The highest BCUT2D eigenvalue weighted by molar-refractivity contribution is 7.91. The van der Waals surface area contributed by atoms with Crippen LogP contribution in [0, 0.1) is 34.5 Å². The van der Waals surface area contributed by atoms with Crippen molar-refractivity contribution in [1.29, 1.82) is 5.26 Å². The average Bonchev–Trinajstić information content (AvgIpc) is 4.06. The molecule has 0 unspecified atom stereocenters. The molecule has 6 atom stereocenters. The minimum Gasteiger partial charge on any atom is -0.497 e. The molecule has 4 amide bonds. The number of hydrogen-bond acceptors (Lipinski definition) is 12. The Bertz CT molecular complexity index is 2170. The number of benzene rings is 1. The Balaban J connectivity index is 1.29. The van der Waals surface area contributed by atoms with Crippen LogP contribution >= 0.6 is 0 Å². The predicted octanol–water partition coefficient (Wildman–Crippen LogP) is 3.91. The van der Waals surface area contributed by atoms with Gasteiger partial charge in [-0.3, -0.25) is 19.1 Å². The van der Waals surface area contributed by atoms with E-state index >= 15 is 0 Å². The van der Waals surface area contributed by atoms with Crippen LogP contribution in [0.1, 0.15) is 91.2 Å². The number of halogens is 2. The molecule has 19 heteroatoms. The summed E-state index contributed by atoms with van der Waals surface area (Å²) in [6, 6.07) is 4.36. The second kappa shape index (κ2) is 15.6. The van der Waals surface area contributed by atoms with Gasteiger partial charge in [-0.25, -0.2) is 32.0 Å². The van der Waals surface area contributed by atoms with Crippen molar-refractivity contribution in [1.82, 2.24) is 30.2 Å². The molecule has 3 N–H and O–H groups in total. The SMILES string of the molecule is COc1ccc2nc3c(nc2c1)O[C@H]1CN(C(=O)[C@H](C(C)(C)C)NC(=O)OC2CC(CCCC3)C2)[C@H](C(=O)N[C@]2(C(=O)NS(=O)(=O)C3(C)CC3)C[C@H]2C(F)F)[C@@H]1CC#N. The lowest BCUT2D eigenvalue weighted by atomic mass is 9.79. The average molecular weight is 844 g/mol. The van der Waals surface area contributed by atoms with Crippen molar-refractivity contribution < 1.29 is 50.6 Å². The summed E-state index contributed by atoms with van der Waals surface area (Å²) < 4.78 is 73.3. The number of sulfonamides is 1. The highest BCUT2D eigenvalue weighted by atomic mass is 32.2. The second-order valence-corrected chi connectivity index (χ2v) is 20.2. The van der Waals surface area contributed by atoms with Crippen molar-refractivity contribution >= 4 is 44.9 Å². The molecule has 8 rings (SSSR count). The van der Waals surface area contributed by atoms with Crippen molar-refractivity contribution in [3.8, 4) is 17.7 Å². The smallest absolute Gasteiger partial charge is 0.408 e. The van der Waals surface area contributed by atoms with Gasteiger partial charge in [0, 0.05) is 18.4 Å². The van der Waals surface area contributed by atoms with Crippen LogP contribution in [-0.4, -0.2) is 102 Å². The van der Waals surface area contributed by atoms with Gasteiger partial charge in [-0.1, -0.05) is 33.6 Å². The largest absolute Gasteiger partial charge is 0.497 e. The lowest BCUT2D eigenvalue weighted by Gasteiger charge is -2.38. The number of nitriles is 1. The lowest BCUT2D eigenvalue weighted by Crippen LogP contribution is -2.61. The second-order valence-electron chi connectivity index (χ2n) is 18.0. The number of aryl methyl sites for hydroxylation is 1. The van der Waals surface area contributed by atoms with Crippen molar-refractivity contribution in [3.05, 3.63) is 23.9 Å². The summed E-state index contributed by atoms with van der Waals surface area (Å²) in [4.78, 5) is 67.4. The van der Waals surface area contributed by atoms with E-state index in [9.17, 15) is 41.6 Å². The molecule has 16 nitrogen and oxygen atoms in total. The number of rotatable bonds is 8. The fraction of sp³-hybridized carbons (Fsp3) is 0.675. The Morgan fingerprint density at radius 2 is 1.86 bits per heavy atom. The normalized spacial score (nSPS) is 30.6. The Morgan fingerprint density at radius 1 is 1.14 bits per heavy atom. The van der Waals surface area contributed by atoms with Gasteiger partial charge in [0.05, 0.1) is 41.4 Å². The molecule has 3 aliphatic carbocycles. The molecule has 3 saturated carbocycles. The Morgan fingerprint density at radius 3 is 2.49 bits per heavy atom. The number of aromatic nitrogens is 2. The van der Waals surface area contributed by atoms with Gasteiger partial charge < -0.3 is 29.7 Å². The monoisotopic (exact) mass is 843 g/mol. The third-order valence-electron chi connectivity index (χ3n) is 12.7. The first-order chi connectivity index (χ1) is 27.8. The molecule has 1 aromatic carbocycles. The summed E-state index contributed by atoms with van der Waals surface area (Å²) in [7, 11) is -2.78. The molecular weight excluding hydrogens is 793 g/mol.